The number of amides is 1. The number of nitrogens with one attached hydrogen (secondary N) is 1. The molecule has 2 atom stereocenters. The van der Waals surface area contributed by atoms with Gasteiger partial charge in [-0.3, -0.25) is 9.59 Å². The fourth-order valence-corrected chi connectivity index (χ4v) is 5.86. The maximum absolute atomic E-state index is 14.7. The van der Waals surface area contributed by atoms with Crippen LogP contribution in [0.4, 0.5) is 0 Å². The molecular weight excluding hydrogens is 648 g/mol. The molecular formula is C41H46N2O8. The van der Waals surface area contributed by atoms with Gasteiger partial charge in [0.15, 0.2) is 11.6 Å². The first-order valence-corrected chi connectivity index (χ1v) is 17.0. The fraction of sp³-hybridized carbons (Fsp3) is 0.341. The van der Waals surface area contributed by atoms with E-state index >= 15 is 0 Å². The number of ether oxygens (including phenoxy) is 5. The van der Waals surface area contributed by atoms with Crippen molar-refractivity contribution in [2.24, 2.45) is 4.99 Å². The van der Waals surface area contributed by atoms with E-state index < -0.39 is 29.1 Å². The van der Waals surface area contributed by atoms with Gasteiger partial charge in [0.2, 0.25) is 5.90 Å². The van der Waals surface area contributed by atoms with Gasteiger partial charge in [-0.25, -0.2) is 4.99 Å². The smallest absolute Gasteiger partial charge is 0.306 e. The van der Waals surface area contributed by atoms with Gasteiger partial charge in [-0.2, -0.15) is 0 Å². The Labute approximate surface area is 299 Å². The monoisotopic (exact) mass is 694 g/mol. The molecule has 4 aromatic carbocycles. The zero-order chi connectivity index (χ0) is 36.4. The molecule has 2 N–H and O–H groups in total. The van der Waals surface area contributed by atoms with E-state index in [4.69, 9.17) is 33.8 Å². The molecule has 0 aromatic heterocycles. The van der Waals surface area contributed by atoms with E-state index in [1.165, 1.54) is 0 Å². The third-order valence-corrected chi connectivity index (χ3v) is 8.41. The lowest BCUT2D eigenvalue weighted by atomic mass is 9.83. The van der Waals surface area contributed by atoms with Crippen LogP contribution in [0.5, 0.6) is 17.2 Å². The molecule has 0 unspecified atom stereocenters. The van der Waals surface area contributed by atoms with Gasteiger partial charge in [-0.1, -0.05) is 54.6 Å². The molecule has 0 aliphatic carbocycles. The fourth-order valence-electron chi connectivity index (χ4n) is 5.86. The van der Waals surface area contributed by atoms with Gasteiger partial charge in [0, 0.05) is 43.2 Å². The second kappa shape index (κ2) is 16.6. The first-order valence-electron chi connectivity index (χ1n) is 17.0. The van der Waals surface area contributed by atoms with Gasteiger partial charge in [0.1, 0.15) is 22.8 Å². The van der Waals surface area contributed by atoms with Crippen LogP contribution in [0.3, 0.4) is 0 Å². The standard InChI is InChI=1S/C41H46N2O8/c1-40(2,3)51-36(45)22-23-41(39(46)42-27-32-18-21-34(47-4)26-35(32)48-5)37(30-14-12-29(13-15-30)28-10-7-6-8-11-28)50-38(43-41)31-16-19-33(20-17-31)49-25-9-24-44/h6-8,10-21,26,37,44H,9,22-25,27H2,1-5H3,(H,42,46)/t37-,41-/m1/s1. The number of aliphatic hydroxyl groups excluding tert-OH is 1. The first-order chi connectivity index (χ1) is 24.5. The highest BCUT2D eigenvalue weighted by Gasteiger charge is 2.53. The molecule has 0 spiro atoms. The number of nitrogens with zero attached hydrogens (tertiary/aromatic N) is 1. The van der Waals surface area contributed by atoms with E-state index in [1.54, 1.807) is 59.3 Å². The van der Waals surface area contributed by atoms with Crippen LogP contribution in [-0.4, -0.2) is 61.5 Å². The van der Waals surface area contributed by atoms with Crippen molar-refractivity contribution >= 4 is 17.8 Å². The van der Waals surface area contributed by atoms with Crippen LogP contribution in [0.2, 0.25) is 0 Å². The van der Waals surface area contributed by atoms with Crippen molar-refractivity contribution in [1.82, 2.24) is 5.32 Å². The third kappa shape index (κ3) is 9.26. The normalized spacial score (nSPS) is 16.8. The second-order valence-electron chi connectivity index (χ2n) is 13.2. The average molecular weight is 695 g/mol. The Kier molecular flexibility index (Phi) is 12.0. The summed E-state index contributed by atoms with van der Waals surface area (Å²) in [6, 6.07) is 30.4. The number of aliphatic hydroxyl groups is 1. The molecule has 1 heterocycles. The molecule has 10 heteroatoms. The lowest BCUT2D eigenvalue weighted by Crippen LogP contribution is -2.48. The summed E-state index contributed by atoms with van der Waals surface area (Å²) in [7, 11) is 3.13. The van der Waals surface area contributed by atoms with E-state index in [9.17, 15) is 9.59 Å². The number of methoxy groups -OCH3 is 2. The van der Waals surface area contributed by atoms with Gasteiger partial charge in [-0.05, 0) is 80.3 Å². The Morgan fingerprint density at radius 3 is 2.18 bits per heavy atom. The number of benzene rings is 4. The van der Waals surface area contributed by atoms with Crippen LogP contribution in [0, 0.1) is 0 Å². The number of hydrogen-bond acceptors (Lipinski definition) is 9. The van der Waals surface area contributed by atoms with Crippen molar-refractivity contribution < 1.29 is 38.4 Å². The number of hydrogen-bond donors (Lipinski definition) is 2. The summed E-state index contributed by atoms with van der Waals surface area (Å²) >= 11 is 0. The molecule has 1 amide bonds. The molecule has 0 saturated carbocycles. The number of aliphatic imine (C=N–C) groups is 1. The van der Waals surface area contributed by atoms with Gasteiger partial charge in [0.05, 0.1) is 20.8 Å². The highest BCUT2D eigenvalue weighted by Crippen LogP contribution is 2.44. The van der Waals surface area contributed by atoms with Gasteiger partial charge < -0.3 is 34.1 Å². The van der Waals surface area contributed by atoms with E-state index in [-0.39, 0.29) is 31.9 Å². The minimum Gasteiger partial charge on any atom is -0.497 e. The highest BCUT2D eigenvalue weighted by molar-refractivity contribution is 6.01. The molecule has 4 aromatic rings. The lowest BCUT2D eigenvalue weighted by molar-refractivity contribution is -0.155. The Morgan fingerprint density at radius 2 is 1.53 bits per heavy atom. The summed E-state index contributed by atoms with van der Waals surface area (Å²) in [4.78, 5) is 32.8. The van der Waals surface area contributed by atoms with Crippen LogP contribution in [-0.2, 0) is 25.6 Å². The van der Waals surface area contributed by atoms with Crippen LogP contribution in [0.15, 0.2) is 102 Å². The molecule has 10 nitrogen and oxygen atoms in total. The number of rotatable bonds is 15. The molecule has 51 heavy (non-hydrogen) atoms. The maximum Gasteiger partial charge on any atom is 0.306 e. The predicted octanol–water partition coefficient (Wildman–Crippen LogP) is 6.83. The van der Waals surface area contributed by atoms with Crippen LogP contribution < -0.4 is 19.5 Å². The predicted molar refractivity (Wildman–Crippen MR) is 195 cm³/mol. The molecule has 1 aliphatic heterocycles. The molecule has 0 bridgehead atoms. The van der Waals surface area contributed by atoms with E-state index in [1.807, 2.05) is 72.8 Å². The second-order valence-corrected chi connectivity index (χ2v) is 13.2. The van der Waals surface area contributed by atoms with E-state index in [2.05, 4.69) is 5.32 Å². The SMILES string of the molecule is COc1ccc(CNC(=O)[C@]2(CCC(=O)OC(C)(C)C)N=C(c3ccc(OCCCO)cc3)O[C@@H]2c2ccc(-c3ccccc3)cc2)c(OC)c1. The zero-order valence-corrected chi connectivity index (χ0v) is 29.8. The molecule has 5 rings (SSSR count). The average Bonchev–Trinajstić information content (AvgIpc) is 3.54. The lowest BCUT2D eigenvalue weighted by Gasteiger charge is -2.31. The van der Waals surface area contributed by atoms with E-state index in [0.29, 0.717) is 35.8 Å². The maximum atomic E-state index is 14.7. The van der Waals surface area contributed by atoms with Crippen LogP contribution >= 0.6 is 0 Å². The van der Waals surface area contributed by atoms with Crippen molar-refractivity contribution in [2.45, 2.75) is 63.8 Å². The summed E-state index contributed by atoms with van der Waals surface area (Å²) in [6.07, 6.45) is -0.421. The highest BCUT2D eigenvalue weighted by atomic mass is 16.6. The van der Waals surface area contributed by atoms with Gasteiger partial charge in [0.25, 0.3) is 5.91 Å². The number of carbonyl (C=O) groups excluding carboxylic acids is 2. The van der Waals surface area contributed by atoms with Gasteiger partial charge in [-0.15, -0.1) is 0 Å². The van der Waals surface area contributed by atoms with Crippen LogP contribution in [0.25, 0.3) is 11.1 Å². The van der Waals surface area contributed by atoms with Crippen LogP contribution in [0.1, 0.15) is 62.8 Å². The minimum atomic E-state index is -1.55. The summed E-state index contributed by atoms with van der Waals surface area (Å²) in [5, 5.41) is 12.2. The van der Waals surface area contributed by atoms with Crippen molar-refractivity contribution in [3.63, 3.8) is 0 Å². The Balaban J connectivity index is 1.54. The summed E-state index contributed by atoms with van der Waals surface area (Å²) in [6.45, 7) is 5.96. The number of carbonyl (C=O) groups is 2. The number of esters is 1. The zero-order valence-electron chi connectivity index (χ0n) is 29.8. The topological polar surface area (TPSA) is 125 Å². The Hall–Kier alpha value is -5.35. The summed E-state index contributed by atoms with van der Waals surface area (Å²) in [5.74, 6) is 1.20. The minimum absolute atomic E-state index is 0.0183. The quantitative estimate of drug-likeness (QED) is 0.103. The molecule has 1 aliphatic rings. The molecule has 0 saturated heterocycles. The largest absolute Gasteiger partial charge is 0.497 e. The van der Waals surface area contributed by atoms with Crippen molar-refractivity contribution in [2.75, 3.05) is 27.4 Å². The van der Waals surface area contributed by atoms with Gasteiger partial charge >= 0.3 is 5.97 Å². The Morgan fingerprint density at radius 1 is 0.863 bits per heavy atom. The summed E-state index contributed by atoms with van der Waals surface area (Å²) in [5.41, 5.74) is 1.90. The Bertz CT molecular complexity index is 1800. The molecule has 0 fully saturated rings. The molecule has 0 radical (unpaired) electrons. The van der Waals surface area contributed by atoms with Crippen molar-refractivity contribution in [3.8, 4) is 28.4 Å². The third-order valence-electron chi connectivity index (χ3n) is 8.41. The summed E-state index contributed by atoms with van der Waals surface area (Å²) < 4.78 is 28.9. The first kappa shape index (κ1) is 36.9. The molecule has 268 valence electrons. The van der Waals surface area contributed by atoms with E-state index in [0.717, 1.165) is 22.3 Å². The van der Waals surface area contributed by atoms with Crippen molar-refractivity contribution in [1.29, 1.82) is 0 Å². The van der Waals surface area contributed by atoms with Crippen molar-refractivity contribution in [3.05, 3.63) is 114 Å².